The van der Waals surface area contributed by atoms with Gasteiger partial charge in [-0.2, -0.15) is 0 Å². The van der Waals surface area contributed by atoms with Crippen molar-refractivity contribution in [3.05, 3.63) is 30.4 Å². The first-order chi connectivity index (χ1) is 7.81. The summed E-state index contributed by atoms with van der Waals surface area (Å²) < 4.78 is 3.99. The normalized spacial score (nSPS) is 10.9. The fourth-order valence-electron chi connectivity index (χ4n) is 1.49. The third-order valence-corrected chi connectivity index (χ3v) is 2.45. The van der Waals surface area contributed by atoms with Crippen molar-refractivity contribution in [1.82, 2.24) is 29.6 Å². The van der Waals surface area contributed by atoms with Crippen LogP contribution in [0.3, 0.4) is 0 Å². The first kappa shape index (κ1) is 10.8. The van der Waals surface area contributed by atoms with Crippen LogP contribution in [0.4, 0.5) is 0 Å². The van der Waals surface area contributed by atoms with E-state index in [1.54, 1.807) is 6.33 Å². The van der Waals surface area contributed by atoms with Gasteiger partial charge in [0.15, 0.2) is 5.82 Å². The lowest BCUT2D eigenvalue weighted by Gasteiger charge is -2.07. The van der Waals surface area contributed by atoms with E-state index in [1.165, 1.54) is 0 Å². The minimum absolute atomic E-state index is 0.706. The van der Waals surface area contributed by atoms with E-state index in [2.05, 4.69) is 32.0 Å². The Balaban J connectivity index is 2.09. The molecule has 2 aromatic rings. The van der Waals surface area contributed by atoms with Crippen LogP contribution in [0.5, 0.6) is 0 Å². The molecule has 0 unspecified atom stereocenters. The Morgan fingerprint density at radius 3 is 2.94 bits per heavy atom. The van der Waals surface area contributed by atoms with E-state index in [4.69, 9.17) is 0 Å². The van der Waals surface area contributed by atoms with E-state index in [0.29, 0.717) is 6.54 Å². The molecule has 2 aromatic heterocycles. The van der Waals surface area contributed by atoms with Crippen molar-refractivity contribution < 1.29 is 0 Å². The smallest absolute Gasteiger partial charge is 0.152 e. The zero-order chi connectivity index (χ0) is 11.4. The van der Waals surface area contributed by atoms with E-state index in [-0.39, 0.29) is 0 Å². The van der Waals surface area contributed by atoms with Crippen molar-refractivity contribution >= 4 is 0 Å². The van der Waals surface area contributed by atoms with Crippen molar-refractivity contribution in [2.75, 3.05) is 6.54 Å². The first-order valence-electron chi connectivity index (χ1n) is 5.35. The van der Waals surface area contributed by atoms with Crippen LogP contribution in [-0.4, -0.2) is 30.9 Å². The highest BCUT2D eigenvalue weighted by atomic mass is 15.3. The third-order valence-electron chi connectivity index (χ3n) is 2.45. The van der Waals surface area contributed by atoms with Gasteiger partial charge in [-0.25, -0.2) is 4.98 Å². The average Bonchev–Trinajstić information content (AvgIpc) is 2.87. The standard InChI is InChI=1S/C10H16N6/c1-3-11-6-9-12-4-5-16(9)7-10-14-13-8-15(10)2/h4-5,8,11H,3,6-7H2,1-2H3. The van der Waals surface area contributed by atoms with Gasteiger partial charge in [0.05, 0.1) is 13.1 Å². The van der Waals surface area contributed by atoms with E-state index in [0.717, 1.165) is 24.7 Å². The summed E-state index contributed by atoms with van der Waals surface area (Å²) >= 11 is 0. The van der Waals surface area contributed by atoms with Gasteiger partial charge in [-0.3, -0.25) is 0 Å². The maximum atomic E-state index is 4.31. The summed E-state index contributed by atoms with van der Waals surface area (Å²) in [7, 11) is 1.94. The minimum Gasteiger partial charge on any atom is -0.326 e. The Labute approximate surface area is 94.3 Å². The number of nitrogens with zero attached hydrogens (tertiary/aromatic N) is 5. The molecule has 0 saturated heterocycles. The number of hydrogen-bond donors (Lipinski definition) is 1. The number of aryl methyl sites for hydroxylation is 1. The van der Waals surface area contributed by atoms with Crippen LogP contribution in [0.2, 0.25) is 0 Å². The summed E-state index contributed by atoms with van der Waals surface area (Å²) in [5.41, 5.74) is 0. The van der Waals surface area contributed by atoms with Crippen molar-refractivity contribution in [2.45, 2.75) is 20.0 Å². The predicted molar refractivity (Wildman–Crippen MR) is 59.7 cm³/mol. The lowest BCUT2D eigenvalue weighted by atomic mass is 10.5. The van der Waals surface area contributed by atoms with Crippen LogP contribution in [0.15, 0.2) is 18.7 Å². The highest BCUT2D eigenvalue weighted by molar-refractivity contribution is 4.96. The van der Waals surface area contributed by atoms with Crippen LogP contribution in [0.25, 0.3) is 0 Å². The topological polar surface area (TPSA) is 60.6 Å². The Morgan fingerprint density at radius 1 is 1.38 bits per heavy atom. The molecule has 2 heterocycles. The molecule has 0 amide bonds. The maximum Gasteiger partial charge on any atom is 0.152 e. The van der Waals surface area contributed by atoms with Crippen molar-refractivity contribution in [3.63, 3.8) is 0 Å². The van der Waals surface area contributed by atoms with Crippen molar-refractivity contribution in [1.29, 1.82) is 0 Å². The Kier molecular flexibility index (Phi) is 3.31. The second-order valence-electron chi connectivity index (χ2n) is 3.61. The molecule has 86 valence electrons. The summed E-state index contributed by atoms with van der Waals surface area (Å²) in [6, 6.07) is 0. The van der Waals surface area contributed by atoms with E-state index < -0.39 is 0 Å². The number of hydrogen-bond acceptors (Lipinski definition) is 4. The molecule has 1 N–H and O–H groups in total. The monoisotopic (exact) mass is 220 g/mol. The predicted octanol–water partition coefficient (Wildman–Crippen LogP) is 0.169. The molecular formula is C10H16N6. The first-order valence-corrected chi connectivity index (χ1v) is 5.35. The van der Waals surface area contributed by atoms with Crippen molar-refractivity contribution in [3.8, 4) is 0 Å². The minimum atomic E-state index is 0.706. The summed E-state index contributed by atoms with van der Waals surface area (Å²) in [4.78, 5) is 4.31. The molecule has 0 bridgehead atoms. The van der Waals surface area contributed by atoms with Gasteiger partial charge in [-0.05, 0) is 6.54 Å². The molecule has 0 aliphatic heterocycles. The van der Waals surface area contributed by atoms with Gasteiger partial charge in [0, 0.05) is 19.4 Å². The Morgan fingerprint density at radius 2 is 2.25 bits per heavy atom. The van der Waals surface area contributed by atoms with Gasteiger partial charge in [0.1, 0.15) is 12.2 Å². The van der Waals surface area contributed by atoms with Crippen LogP contribution < -0.4 is 5.32 Å². The molecule has 0 saturated carbocycles. The molecule has 0 spiro atoms. The summed E-state index contributed by atoms with van der Waals surface area (Å²) in [5.74, 6) is 1.94. The van der Waals surface area contributed by atoms with Crippen molar-refractivity contribution in [2.24, 2.45) is 7.05 Å². The van der Waals surface area contributed by atoms with E-state index in [1.807, 2.05) is 24.0 Å². The average molecular weight is 220 g/mol. The Bertz CT molecular complexity index is 444. The van der Waals surface area contributed by atoms with Crippen LogP contribution in [0, 0.1) is 0 Å². The van der Waals surface area contributed by atoms with E-state index in [9.17, 15) is 0 Å². The number of imidazole rings is 1. The number of rotatable bonds is 5. The zero-order valence-corrected chi connectivity index (χ0v) is 9.59. The highest BCUT2D eigenvalue weighted by Gasteiger charge is 2.06. The van der Waals surface area contributed by atoms with Gasteiger partial charge in [-0.1, -0.05) is 6.92 Å². The van der Waals surface area contributed by atoms with Crippen LogP contribution in [-0.2, 0) is 20.1 Å². The van der Waals surface area contributed by atoms with Gasteiger partial charge >= 0.3 is 0 Å². The molecule has 0 aliphatic carbocycles. The molecule has 2 rings (SSSR count). The fraction of sp³-hybridized carbons (Fsp3) is 0.500. The van der Waals surface area contributed by atoms with Crippen LogP contribution >= 0.6 is 0 Å². The molecule has 0 atom stereocenters. The van der Waals surface area contributed by atoms with Crippen LogP contribution in [0.1, 0.15) is 18.6 Å². The lowest BCUT2D eigenvalue weighted by molar-refractivity contribution is 0.616. The molecule has 0 radical (unpaired) electrons. The summed E-state index contributed by atoms with van der Waals surface area (Å²) in [6.07, 6.45) is 5.47. The second-order valence-corrected chi connectivity index (χ2v) is 3.61. The second kappa shape index (κ2) is 4.89. The van der Waals surface area contributed by atoms with Gasteiger partial charge in [-0.15, -0.1) is 10.2 Å². The number of aromatic nitrogens is 5. The molecule has 0 aliphatic rings. The SMILES string of the molecule is CCNCc1nccn1Cc1nncn1C. The van der Waals surface area contributed by atoms with Gasteiger partial charge in [0.2, 0.25) is 0 Å². The Hall–Kier alpha value is -1.69. The highest BCUT2D eigenvalue weighted by Crippen LogP contribution is 2.02. The maximum absolute atomic E-state index is 4.31. The summed E-state index contributed by atoms with van der Waals surface area (Å²) in [6.45, 7) is 4.51. The lowest BCUT2D eigenvalue weighted by Crippen LogP contribution is -2.17. The molecule has 6 nitrogen and oxygen atoms in total. The fourth-order valence-corrected chi connectivity index (χ4v) is 1.49. The largest absolute Gasteiger partial charge is 0.326 e. The van der Waals surface area contributed by atoms with Gasteiger partial charge in [0.25, 0.3) is 0 Å². The molecular weight excluding hydrogens is 204 g/mol. The number of nitrogens with one attached hydrogen (secondary N) is 1. The van der Waals surface area contributed by atoms with E-state index >= 15 is 0 Å². The molecule has 0 fully saturated rings. The van der Waals surface area contributed by atoms with Gasteiger partial charge < -0.3 is 14.5 Å². The summed E-state index contributed by atoms with van der Waals surface area (Å²) in [5, 5.41) is 11.2. The quantitative estimate of drug-likeness (QED) is 0.780. The third kappa shape index (κ3) is 2.27. The molecule has 6 heteroatoms. The molecule has 0 aromatic carbocycles. The zero-order valence-electron chi connectivity index (χ0n) is 9.59. The molecule has 16 heavy (non-hydrogen) atoms.